The Kier molecular flexibility index (Phi) is 43.9. The number of rotatable bonds is 53. The molecule has 3 fully saturated rings. The number of nitrogens with one attached hydrogen (secondary N) is 4. The van der Waals surface area contributed by atoms with Crippen molar-refractivity contribution in [2.24, 2.45) is 0 Å². The molecule has 3 heterocycles. The molecule has 0 radical (unpaired) electrons. The zero-order chi connectivity index (χ0) is 64.2. The zero-order valence-electron chi connectivity index (χ0n) is 50.0. The molecule has 3 aliphatic heterocycles. The van der Waals surface area contributed by atoms with Gasteiger partial charge >= 0.3 is 5.97 Å². The summed E-state index contributed by atoms with van der Waals surface area (Å²) in [4.78, 5) is 63.5. The van der Waals surface area contributed by atoms with E-state index >= 15 is 0 Å². The van der Waals surface area contributed by atoms with Gasteiger partial charge in [0.05, 0.1) is 157 Å². The average Bonchev–Trinajstić information content (AvgIpc) is 3.65. The summed E-state index contributed by atoms with van der Waals surface area (Å²) in [6.45, 7) is 1.17. The van der Waals surface area contributed by atoms with Crippen LogP contribution in [0.5, 0.6) is 0 Å². The molecule has 0 unspecified atom stereocenters. The lowest BCUT2D eigenvalue weighted by Gasteiger charge is -2.35. The van der Waals surface area contributed by atoms with Gasteiger partial charge in [-0.2, -0.15) is 0 Å². The Hall–Kier alpha value is -3.61. The second kappa shape index (κ2) is 49.1. The lowest BCUT2D eigenvalue weighted by Crippen LogP contribution is -2.52. The Bertz CT molecular complexity index is 1840. The molecule has 0 aliphatic carbocycles. The lowest BCUT2D eigenvalue weighted by molar-refractivity contribution is -0.259. The third-order valence-electron chi connectivity index (χ3n) is 13.4. The van der Waals surface area contributed by atoms with Gasteiger partial charge in [0.25, 0.3) is 0 Å². The van der Waals surface area contributed by atoms with E-state index in [-0.39, 0.29) is 177 Å². The molecular weight excluding hydrogens is 1180 g/mol. The molecule has 34 heteroatoms. The fourth-order valence-electron chi connectivity index (χ4n) is 8.59. The number of ether oxygens (including phenoxy) is 15. The van der Waals surface area contributed by atoms with Crippen LogP contribution in [0.4, 0.5) is 0 Å². The van der Waals surface area contributed by atoms with Crippen LogP contribution in [0.3, 0.4) is 0 Å². The van der Waals surface area contributed by atoms with Crippen LogP contribution in [-0.4, -0.2) is 338 Å². The highest BCUT2D eigenvalue weighted by Crippen LogP contribution is 2.23. The van der Waals surface area contributed by atoms with Crippen LogP contribution in [0.1, 0.15) is 57.8 Å². The molecule has 3 aliphatic rings. The van der Waals surface area contributed by atoms with Gasteiger partial charge in [-0.05, 0) is 38.5 Å². The number of hydrogen-bond acceptors (Lipinski definition) is 29. The number of carbonyl (C=O) groups excluding carboxylic acids is 4. The summed E-state index contributed by atoms with van der Waals surface area (Å²) in [5.41, 5.74) is 0. The van der Waals surface area contributed by atoms with Crippen molar-refractivity contribution in [2.75, 3.05) is 172 Å². The minimum atomic E-state index is -1.32. The Morgan fingerprint density at radius 2 is 0.682 bits per heavy atom. The minimum Gasteiger partial charge on any atom is -0.480 e. The Labute approximate surface area is 511 Å². The van der Waals surface area contributed by atoms with E-state index in [0.29, 0.717) is 25.7 Å². The smallest absolute Gasteiger partial charge is 0.326 e. The fourth-order valence-corrected chi connectivity index (χ4v) is 8.59. The second-order valence-corrected chi connectivity index (χ2v) is 20.4. The summed E-state index contributed by atoms with van der Waals surface area (Å²) in [6.07, 6.45) is -10.5. The van der Waals surface area contributed by atoms with Gasteiger partial charge in [-0.25, -0.2) is 4.79 Å². The summed E-state index contributed by atoms with van der Waals surface area (Å²) in [5.74, 6) is -3.51. The first-order chi connectivity index (χ1) is 42.6. The standard InChI is InChI=1S/C54H98N4O30/c59-30-41-50(68)38(62)27-47(86-41)83-24-21-77-12-9-74-15-18-80-33-44(65)55-7-3-1-5-36(57-46(67)35-82-20-17-76-11-14-79-23-26-85-49-29-40(64)52(70)43(32-61)88-49)53(71)58-37(54(72)73)6-2-4-8-56-45(66)34-81-19-16-75-10-13-78-22-25-84-48-28-39(63)51(69)42(31-60)87-48/h36-43,47-52,59-64,68-70H,1-35H2,(H,55,65)(H,56,66)(H,57,67)(H,58,71)(H,72,73)/t36-,37-,38+,39+,40+,41+,42+,43+,47+,48+,49+,50+,51+,52+/m0/s1. The van der Waals surface area contributed by atoms with Gasteiger partial charge < -0.3 is 143 Å². The summed E-state index contributed by atoms with van der Waals surface area (Å²) in [6, 6.07) is -2.50. The number of amides is 4. The third kappa shape index (κ3) is 35.3. The van der Waals surface area contributed by atoms with Crippen molar-refractivity contribution in [3.8, 4) is 0 Å². The molecular formula is C54H98N4O30. The maximum absolute atomic E-state index is 13.5. The Balaban J connectivity index is 1.28. The molecule has 514 valence electrons. The molecule has 88 heavy (non-hydrogen) atoms. The number of aliphatic hydroxyl groups excluding tert-OH is 9. The van der Waals surface area contributed by atoms with Crippen LogP contribution < -0.4 is 21.3 Å². The van der Waals surface area contributed by atoms with Crippen LogP contribution in [0.2, 0.25) is 0 Å². The van der Waals surface area contributed by atoms with Crippen LogP contribution in [0, 0.1) is 0 Å². The molecule has 4 amide bonds. The van der Waals surface area contributed by atoms with E-state index in [9.17, 15) is 75.0 Å². The number of carbonyl (C=O) groups is 5. The van der Waals surface area contributed by atoms with Gasteiger partial charge in [-0.3, -0.25) is 19.2 Å². The molecule has 0 spiro atoms. The summed E-state index contributed by atoms with van der Waals surface area (Å²) >= 11 is 0. The van der Waals surface area contributed by atoms with E-state index in [1.807, 2.05) is 0 Å². The average molecular weight is 1280 g/mol. The predicted molar refractivity (Wildman–Crippen MR) is 298 cm³/mol. The van der Waals surface area contributed by atoms with Gasteiger partial charge in [0.1, 0.15) is 68.5 Å². The number of aliphatic hydroxyl groups is 9. The largest absolute Gasteiger partial charge is 0.480 e. The van der Waals surface area contributed by atoms with Crippen molar-refractivity contribution in [1.29, 1.82) is 0 Å². The van der Waals surface area contributed by atoms with Crippen molar-refractivity contribution in [2.45, 2.75) is 144 Å². The fraction of sp³-hybridized carbons (Fsp3) is 0.907. The van der Waals surface area contributed by atoms with Crippen molar-refractivity contribution < 1.29 is 146 Å². The van der Waals surface area contributed by atoms with Crippen molar-refractivity contribution in [3.05, 3.63) is 0 Å². The van der Waals surface area contributed by atoms with Crippen molar-refractivity contribution in [1.82, 2.24) is 21.3 Å². The molecule has 34 nitrogen and oxygen atoms in total. The molecule has 0 aromatic rings. The summed E-state index contributed by atoms with van der Waals surface area (Å²) < 4.78 is 81.4. The van der Waals surface area contributed by atoms with E-state index in [1.165, 1.54) is 0 Å². The van der Waals surface area contributed by atoms with E-state index in [1.54, 1.807) is 0 Å². The molecule has 3 saturated heterocycles. The topological polar surface area (TPSA) is 474 Å². The highest BCUT2D eigenvalue weighted by atomic mass is 16.7. The molecule has 0 aromatic carbocycles. The number of hydrogen-bond donors (Lipinski definition) is 14. The SMILES string of the molecule is O=C(COCCOCCOCCO[C@H]1C[C@@H](O)[C@@H](O)[C@@H](CO)O1)NCCCC[C@H](NC(=O)[C@H](CCCCNC(=O)COCCOCCOCCO[C@H]1C[C@@H](O)[C@@H](O)[C@@H](CO)O1)NC(=O)COCCOCCOCCO[C@H]1C[C@@H](O)[C@@H](O)[C@@H](CO)O1)C(=O)O. The minimum absolute atomic E-state index is 0.00812. The van der Waals surface area contributed by atoms with Crippen LogP contribution >= 0.6 is 0 Å². The van der Waals surface area contributed by atoms with E-state index in [0.717, 1.165) is 0 Å². The van der Waals surface area contributed by atoms with Crippen LogP contribution in [-0.2, 0) is 95.0 Å². The number of unbranched alkanes of at least 4 members (excludes halogenated alkanes) is 2. The molecule has 14 atom stereocenters. The second-order valence-electron chi connectivity index (χ2n) is 20.4. The van der Waals surface area contributed by atoms with Crippen LogP contribution in [0.25, 0.3) is 0 Å². The van der Waals surface area contributed by atoms with E-state index in [2.05, 4.69) is 21.3 Å². The molecule has 0 saturated carbocycles. The molecule has 14 N–H and O–H groups in total. The van der Waals surface area contributed by atoms with Crippen molar-refractivity contribution >= 4 is 29.6 Å². The lowest BCUT2D eigenvalue weighted by atomic mass is 10.0. The predicted octanol–water partition coefficient (Wildman–Crippen LogP) is -6.70. The molecule has 0 aromatic heterocycles. The first-order valence-electron chi connectivity index (χ1n) is 29.8. The third-order valence-corrected chi connectivity index (χ3v) is 13.4. The van der Waals surface area contributed by atoms with Crippen LogP contribution in [0.15, 0.2) is 0 Å². The Morgan fingerprint density at radius 3 is 1.00 bits per heavy atom. The van der Waals surface area contributed by atoms with Gasteiger partial charge in [0.2, 0.25) is 23.6 Å². The number of aliphatic carboxylic acids is 1. The number of carboxylic acids is 1. The van der Waals surface area contributed by atoms with Gasteiger partial charge in [-0.1, -0.05) is 0 Å². The normalized spacial score (nSPS) is 25.4. The van der Waals surface area contributed by atoms with Gasteiger partial charge in [-0.15, -0.1) is 0 Å². The van der Waals surface area contributed by atoms with Gasteiger partial charge in [0.15, 0.2) is 18.9 Å². The summed E-state index contributed by atoms with van der Waals surface area (Å²) in [5, 5.41) is 107. The van der Waals surface area contributed by atoms with Crippen molar-refractivity contribution in [3.63, 3.8) is 0 Å². The first kappa shape index (κ1) is 78.6. The first-order valence-corrected chi connectivity index (χ1v) is 29.8. The quantitative estimate of drug-likeness (QED) is 0.0252. The highest BCUT2D eigenvalue weighted by molar-refractivity contribution is 5.90. The van der Waals surface area contributed by atoms with Gasteiger partial charge in [0, 0.05) is 32.4 Å². The summed E-state index contributed by atoms with van der Waals surface area (Å²) in [7, 11) is 0. The van der Waals surface area contributed by atoms with E-state index in [4.69, 9.17) is 71.1 Å². The zero-order valence-corrected chi connectivity index (χ0v) is 50.0. The number of carboxylic acid groups (broad SMARTS) is 1. The van der Waals surface area contributed by atoms with E-state index < -0.39 is 142 Å². The highest BCUT2D eigenvalue weighted by Gasteiger charge is 2.39. The monoisotopic (exact) mass is 1280 g/mol. The maximum Gasteiger partial charge on any atom is 0.326 e. The Morgan fingerprint density at radius 1 is 0.386 bits per heavy atom. The molecule has 3 rings (SSSR count). The molecule has 0 bridgehead atoms. The maximum atomic E-state index is 13.5.